The minimum atomic E-state index is 0.242. The predicted octanol–water partition coefficient (Wildman–Crippen LogP) is 4.88. The molecule has 96 valence electrons. The van der Waals surface area contributed by atoms with Gasteiger partial charge in [0.1, 0.15) is 0 Å². The van der Waals surface area contributed by atoms with Crippen LogP contribution < -0.4 is 5.32 Å². The van der Waals surface area contributed by atoms with Crippen LogP contribution >= 0.6 is 15.9 Å². The molecule has 0 amide bonds. The molecule has 0 aliphatic heterocycles. The number of benzene rings is 2. The first kappa shape index (κ1) is 13.6. The van der Waals surface area contributed by atoms with Crippen molar-refractivity contribution in [2.24, 2.45) is 0 Å². The summed E-state index contributed by atoms with van der Waals surface area (Å²) >= 11 is 3.50. The van der Waals surface area contributed by atoms with Crippen LogP contribution in [0.2, 0.25) is 0 Å². The molecule has 1 N–H and O–H groups in total. The fraction of sp³-hybridized carbons (Fsp3) is 0.188. The van der Waals surface area contributed by atoms with Crippen molar-refractivity contribution in [1.29, 1.82) is 5.26 Å². The second-order valence-corrected chi connectivity index (χ2v) is 5.27. The summed E-state index contributed by atoms with van der Waals surface area (Å²) in [7, 11) is 0. The Balaban J connectivity index is 2.21. The zero-order chi connectivity index (χ0) is 13.7. The topological polar surface area (TPSA) is 35.8 Å². The van der Waals surface area contributed by atoms with E-state index in [9.17, 15) is 0 Å². The molecule has 0 heterocycles. The van der Waals surface area contributed by atoms with Crippen LogP contribution in [0.5, 0.6) is 0 Å². The molecule has 0 bridgehead atoms. The molecule has 2 nitrogen and oxygen atoms in total. The third-order valence-corrected chi connectivity index (χ3v) is 3.49. The molecule has 1 atom stereocenters. The first-order chi connectivity index (χ1) is 9.22. The van der Waals surface area contributed by atoms with Crippen molar-refractivity contribution in [2.45, 2.75) is 19.4 Å². The number of anilines is 1. The number of nitrogens with one attached hydrogen (secondary N) is 1. The van der Waals surface area contributed by atoms with Crippen LogP contribution in [0, 0.1) is 11.3 Å². The third-order valence-electron chi connectivity index (χ3n) is 2.99. The summed E-state index contributed by atoms with van der Waals surface area (Å²) in [4.78, 5) is 0. The molecule has 0 aromatic heterocycles. The van der Waals surface area contributed by atoms with Gasteiger partial charge in [-0.1, -0.05) is 41.1 Å². The smallest absolute Gasteiger partial charge is 0.0992 e. The SMILES string of the molecule is CCC(Nc1cccc(C#N)c1)c1cccc(Br)c1. The zero-order valence-corrected chi connectivity index (χ0v) is 12.3. The Hall–Kier alpha value is -1.79. The summed E-state index contributed by atoms with van der Waals surface area (Å²) in [6.45, 7) is 2.15. The van der Waals surface area contributed by atoms with Gasteiger partial charge >= 0.3 is 0 Å². The van der Waals surface area contributed by atoms with Crippen molar-refractivity contribution in [3.05, 3.63) is 64.1 Å². The van der Waals surface area contributed by atoms with Crippen molar-refractivity contribution in [2.75, 3.05) is 5.32 Å². The third kappa shape index (κ3) is 3.59. The van der Waals surface area contributed by atoms with E-state index in [-0.39, 0.29) is 6.04 Å². The lowest BCUT2D eigenvalue weighted by Gasteiger charge is -2.19. The van der Waals surface area contributed by atoms with Crippen molar-refractivity contribution < 1.29 is 0 Å². The van der Waals surface area contributed by atoms with Gasteiger partial charge in [0.25, 0.3) is 0 Å². The van der Waals surface area contributed by atoms with E-state index in [2.05, 4.69) is 46.4 Å². The lowest BCUT2D eigenvalue weighted by atomic mass is 10.0. The largest absolute Gasteiger partial charge is 0.378 e. The van der Waals surface area contributed by atoms with Crippen LogP contribution in [-0.2, 0) is 0 Å². The Morgan fingerprint density at radius 3 is 2.68 bits per heavy atom. The second-order valence-electron chi connectivity index (χ2n) is 4.35. The number of rotatable bonds is 4. The molecule has 0 spiro atoms. The Labute approximate surface area is 122 Å². The van der Waals surface area contributed by atoms with E-state index in [0.29, 0.717) is 5.56 Å². The van der Waals surface area contributed by atoms with E-state index >= 15 is 0 Å². The lowest BCUT2D eigenvalue weighted by Crippen LogP contribution is -2.09. The molecule has 3 heteroatoms. The van der Waals surface area contributed by atoms with E-state index in [4.69, 9.17) is 5.26 Å². The quantitative estimate of drug-likeness (QED) is 0.872. The van der Waals surface area contributed by atoms with Crippen LogP contribution in [-0.4, -0.2) is 0 Å². The average molecular weight is 315 g/mol. The monoisotopic (exact) mass is 314 g/mol. The first-order valence-corrected chi connectivity index (χ1v) is 7.04. The minimum Gasteiger partial charge on any atom is -0.378 e. The first-order valence-electron chi connectivity index (χ1n) is 6.25. The Kier molecular flexibility index (Phi) is 4.59. The van der Waals surface area contributed by atoms with Crippen LogP contribution in [0.25, 0.3) is 0 Å². The van der Waals surface area contributed by atoms with Gasteiger partial charge in [-0.25, -0.2) is 0 Å². The highest BCUT2D eigenvalue weighted by atomic mass is 79.9. The summed E-state index contributed by atoms with van der Waals surface area (Å²) in [5.41, 5.74) is 2.89. The van der Waals surface area contributed by atoms with Gasteiger partial charge in [-0.3, -0.25) is 0 Å². The normalized spacial score (nSPS) is 11.6. The summed E-state index contributed by atoms with van der Waals surface area (Å²) in [6.07, 6.45) is 0.979. The van der Waals surface area contributed by atoms with Gasteiger partial charge in [0.2, 0.25) is 0 Å². The molecule has 2 rings (SSSR count). The fourth-order valence-electron chi connectivity index (χ4n) is 2.02. The highest BCUT2D eigenvalue weighted by Crippen LogP contribution is 2.25. The Bertz CT molecular complexity index is 602. The minimum absolute atomic E-state index is 0.242. The van der Waals surface area contributed by atoms with Gasteiger partial charge in [0.05, 0.1) is 17.7 Å². The van der Waals surface area contributed by atoms with Crippen LogP contribution in [0.4, 0.5) is 5.69 Å². The molecular formula is C16H15BrN2. The van der Waals surface area contributed by atoms with Gasteiger partial charge in [0, 0.05) is 10.2 Å². The molecule has 2 aromatic carbocycles. The summed E-state index contributed by atoms with van der Waals surface area (Å²) in [6, 6.07) is 18.3. The average Bonchev–Trinajstić information content (AvgIpc) is 2.45. The van der Waals surface area contributed by atoms with Crippen molar-refractivity contribution >= 4 is 21.6 Å². The molecule has 0 aliphatic rings. The van der Waals surface area contributed by atoms with Crippen molar-refractivity contribution in [3.63, 3.8) is 0 Å². The van der Waals surface area contributed by atoms with Crippen LogP contribution in [0.15, 0.2) is 53.0 Å². The van der Waals surface area contributed by atoms with E-state index in [0.717, 1.165) is 16.6 Å². The van der Waals surface area contributed by atoms with Gasteiger partial charge in [-0.2, -0.15) is 5.26 Å². The number of halogens is 1. The lowest BCUT2D eigenvalue weighted by molar-refractivity contribution is 0.749. The molecule has 19 heavy (non-hydrogen) atoms. The Morgan fingerprint density at radius 1 is 1.21 bits per heavy atom. The van der Waals surface area contributed by atoms with Gasteiger partial charge in [-0.15, -0.1) is 0 Å². The number of nitriles is 1. The van der Waals surface area contributed by atoms with Crippen LogP contribution in [0.3, 0.4) is 0 Å². The maximum atomic E-state index is 8.92. The summed E-state index contributed by atoms with van der Waals surface area (Å²) in [5, 5.41) is 12.4. The predicted molar refractivity (Wildman–Crippen MR) is 82.0 cm³/mol. The molecule has 0 aliphatic carbocycles. The number of hydrogen-bond acceptors (Lipinski definition) is 2. The standard InChI is InChI=1S/C16H15BrN2/c1-2-16(13-6-4-7-14(17)10-13)19-15-8-3-5-12(9-15)11-18/h3-10,16,19H,2H2,1H3. The second kappa shape index (κ2) is 6.40. The summed E-state index contributed by atoms with van der Waals surface area (Å²) in [5.74, 6) is 0. The Morgan fingerprint density at radius 2 is 2.00 bits per heavy atom. The molecule has 0 radical (unpaired) electrons. The van der Waals surface area contributed by atoms with Crippen LogP contribution in [0.1, 0.15) is 30.5 Å². The number of hydrogen-bond donors (Lipinski definition) is 1. The van der Waals surface area contributed by atoms with E-state index < -0.39 is 0 Å². The molecule has 0 saturated heterocycles. The van der Waals surface area contributed by atoms with Gasteiger partial charge in [0.15, 0.2) is 0 Å². The van der Waals surface area contributed by atoms with Crippen molar-refractivity contribution in [1.82, 2.24) is 0 Å². The zero-order valence-electron chi connectivity index (χ0n) is 10.7. The molecule has 0 fully saturated rings. The fourth-order valence-corrected chi connectivity index (χ4v) is 2.44. The van der Waals surface area contributed by atoms with E-state index in [1.54, 1.807) is 0 Å². The van der Waals surface area contributed by atoms with E-state index in [1.165, 1.54) is 5.56 Å². The maximum absolute atomic E-state index is 8.92. The van der Waals surface area contributed by atoms with E-state index in [1.807, 2.05) is 36.4 Å². The summed E-state index contributed by atoms with van der Waals surface area (Å²) < 4.78 is 1.08. The molecular weight excluding hydrogens is 300 g/mol. The van der Waals surface area contributed by atoms with Gasteiger partial charge < -0.3 is 5.32 Å². The molecule has 1 unspecified atom stereocenters. The highest BCUT2D eigenvalue weighted by molar-refractivity contribution is 9.10. The molecule has 2 aromatic rings. The van der Waals surface area contributed by atoms with Gasteiger partial charge in [-0.05, 0) is 42.3 Å². The molecule has 0 saturated carbocycles. The number of nitrogens with zero attached hydrogens (tertiary/aromatic N) is 1. The van der Waals surface area contributed by atoms with Crippen molar-refractivity contribution in [3.8, 4) is 6.07 Å². The highest BCUT2D eigenvalue weighted by Gasteiger charge is 2.09. The maximum Gasteiger partial charge on any atom is 0.0992 e.